The summed E-state index contributed by atoms with van der Waals surface area (Å²) >= 11 is 1.86. The van der Waals surface area contributed by atoms with Gasteiger partial charge in [0.1, 0.15) is 0 Å². The fourth-order valence-corrected chi connectivity index (χ4v) is 2.80. The summed E-state index contributed by atoms with van der Waals surface area (Å²) in [5.74, 6) is 8.92. The number of nitrogens with zero attached hydrogens (tertiary/aromatic N) is 1. The number of unbranched alkanes of at least 4 members (excludes halogenated alkanes) is 3. The molecular formula is C15H25N3O3S. The molecule has 0 aliphatic carbocycles. The summed E-state index contributed by atoms with van der Waals surface area (Å²) in [5.41, 5.74) is 1.10. The number of amides is 2. The monoisotopic (exact) mass is 327 g/mol. The molecule has 1 aliphatic rings. The third kappa shape index (κ3) is 5.10. The Morgan fingerprint density at radius 2 is 1.45 bits per heavy atom. The van der Waals surface area contributed by atoms with Crippen LogP contribution in [0.5, 0.6) is 0 Å². The van der Waals surface area contributed by atoms with Crippen LogP contribution in [0.2, 0.25) is 0 Å². The van der Waals surface area contributed by atoms with Crippen molar-refractivity contribution in [3.05, 3.63) is 35.4 Å². The number of thioether (sulfide) groups is 1. The lowest BCUT2D eigenvalue weighted by Gasteiger charge is -2.13. The Morgan fingerprint density at radius 3 is 1.95 bits per heavy atom. The minimum atomic E-state index is -0.135. The van der Waals surface area contributed by atoms with Gasteiger partial charge in [-0.25, -0.2) is 0 Å². The highest BCUT2D eigenvalue weighted by Gasteiger charge is 2.34. The fraction of sp³-hybridized carbons (Fsp3) is 0.467. The summed E-state index contributed by atoms with van der Waals surface area (Å²) in [7, 11) is 0. The SMILES string of the molecule is CSCCCCCCN1C(=O)c2ccccc2C1=O.NN.O. The molecule has 0 fully saturated rings. The second-order valence-electron chi connectivity index (χ2n) is 4.71. The van der Waals surface area contributed by atoms with Crippen molar-refractivity contribution in [2.24, 2.45) is 11.7 Å². The molecule has 0 saturated carbocycles. The molecule has 1 aromatic carbocycles. The highest BCUT2D eigenvalue weighted by molar-refractivity contribution is 7.98. The number of fused-ring (bicyclic) bond motifs is 1. The Morgan fingerprint density at radius 1 is 0.955 bits per heavy atom. The highest BCUT2D eigenvalue weighted by atomic mass is 32.2. The van der Waals surface area contributed by atoms with Crippen molar-refractivity contribution in [3.63, 3.8) is 0 Å². The number of benzene rings is 1. The van der Waals surface area contributed by atoms with Gasteiger partial charge in [0, 0.05) is 6.54 Å². The van der Waals surface area contributed by atoms with E-state index >= 15 is 0 Å². The van der Waals surface area contributed by atoms with Gasteiger partial charge in [-0.3, -0.25) is 26.2 Å². The van der Waals surface area contributed by atoms with Gasteiger partial charge < -0.3 is 5.48 Å². The molecule has 0 spiro atoms. The molecule has 2 rings (SSSR count). The first-order valence-electron chi connectivity index (χ1n) is 7.03. The summed E-state index contributed by atoms with van der Waals surface area (Å²) in [6, 6.07) is 7.06. The van der Waals surface area contributed by atoms with E-state index in [1.807, 2.05) is 11.8 Å². The predicted octanol–water partition coefficient (Wildman–Crippen LogP) is 1.20. The lowest BCUT2D eigenvalue weighted by atomic mass is 10.1. The van der Waals surface area contributed by atoms with E-state index < -0.39 is 0 Å². The topological polar surface area (TPSA) is 121 Å². The van der Waals surface area contributed by atoms with Crippen LogP contribution in [0.4, 0.5) is 0 Å². The van der Waals surface area contributed by atoms with Gasteiger partial charge in [-0.15, -0.1) is 0 Å². The zero-order valence-electron chi connectivity index (χ0n) is 12.9. The lowest BCUT2D eigenvalue weighted by molar-refractivity contribution is 0.0651. The van der Waals surface area contributed by atoms with Crippen molar-refractivity contribution < 1.29 is 15.1 Å². The summed E-state index contributed by atoms with van der Waals surface area (Å²) in [6.45, 7) is 0.547. The molecule has 0 atom stereocenters. The van der Waals surface area contributed by atoms with E-state index in [0.717, 1.165) is 12.8 Å². The molecule has 1 aromatic rings. The first-order valence-corrected chi connectivity index (χ1v) is 8.42. The number of hydrazine groups is 1. The quantitative estimate of drug-likeness (QED) is 0.337. The predicted molar refractivity (Wildman–Crippen MR) is 90.6 cm³/mol. The van der Waals surface area contributed by atoms with E-state index in [2.05, 4.69) is 17.9 Å². The van der Waals surface area contributed by atoms with E-state index in [-0.39, 0.29) is 17.3 Å². The van der Waals surface area contributed by atoms with E-state index in [9.17, 15) is 9.59 Å². The van der Waals surface area contributed by atoms with Gasteiger partial charge in [0.15, 0.2) is 0 Å². The first-order chi connectivity index (χ1) is 10.3. The molecule has 2 amide bonds. The summed E-state index contributed by atoms with van der Waals surface area (Å²) in [6.07, 6.45) is 6.47. The van der Waals surface area contributed by atoms with Crippen LogP contribution < -0.4 is 11.7 Å². The molecule has 0 aromatic heterocycles. The summed E-state index contributed by atoms with van der Waals surface area (Å²) in [4.78, 5) is 25.5. The molecule has 22 heavy (non-hydrogen) atoms. The molecule has 7 heteroatoms. The minimum absolute atomic E-state index is 0. The van der Waals surface area contributed by atoms with Crippen molar-refractivity contribution in [3.8, 4) is 0 Å². The smallest absolute Gasteiger partial charge is 0.261 e. The van der Waals surface area contributed by atoms with Gasteiger partial charge >= 0.3 is 0 Å². The van der Waals surface area contributed by atoms with Crippen LogP contribution in [0.25, 0.3) is 0 Å². The number of imide groups is 1. The molecule has 1 aliphatic heterocycles. The van der Waals surface area contributed by atoms with Crippen LogP contribution in [0, 0.1) is 0 Å². The van der Waals surface area contributed by atoms with E-state index in [1.54, 1.807) is 24.3 Å². The maximum absolute atomic E-state index is 12.1. The second kappa shape index (κ2) is 11.2. The number of nitrogens with two attached hydrogens (primary N) is 2. The van der Waals surface area contributed by atoms with Crippen LogP contribution in [-0.2, 0) is 0 Å². The Balaban J connectivity index is 0.00000141. The first kappa shape index (κ1) is 20.6. The van der Waals surface area contributed by atoms with E-state index in [4.69, 9.17) is 0 Å². The summed E-state index contributed by atoms with van der Waals surface area (Å²) < 4.78 is 0. The molecule has 0 saturated heterocycles. The maximum Gasteiger partial charge on any atom is 0.261 e. The van der Waals surface area contributed by atoms with Gasteiger partial charge in [0.25, 0.3) is 11.8 Å². The Bertz CT molecular complexity index is 448. The van der Waals surface area contributed by atoms with Gasteiger partial charge in [-0.1, -0.05) is 25.0 Å². The zero-order chi connectivity index (χ0) is 15.7. The van der Waals surface area contributed by atoms with Crippen molar-refractivity contribution in [1.82, 2.24) is 4.90 Å². The third-order valence-electron chi connectivity index (χ3n) is 3.36. The summed E-state index contributed by atoms with van der Waals surface area (Å²) in [5, 5.41) is 0. The van der Waals surface area contributed by atoms with Crippen LogP contribution >= 0.6 is 11.8 Å². The molecule has 0 bridgehead atoms. The van der Waals surface area contributed by atoms with Crippen molar-refractivity contribution in [2.45, 2.75) is 25.7 Å². The fourth-order valence-electron chi connectivity index (χ4n) is 2.31. The number of rotatable bonds is 7. The standard InChI is InChI=1S/C15H19NO2S.H4N2.H2O/c1-19-11-7-3-2-6-10-16-14(17)12-8-4-5-9-13(12)15(16)18;1-2;/h4-5,8-9H,2-3,6-7,10-11H2,1H3;1-2H2;1H2. The number of carbonyl (C=O) groups excluding carboxylic acids is 2. The maximum atomic E-state index is 12.1. The normalized spacial score (nSPS) is 12.4. The van der Waals surface area contributed by atoms with Crippen LogP contribution in [0.3, 0.4) is 0 Å². The molecule has 6 nitrogen and oxygen atoms in total. The second-order valence-corrected chi connectivity index (χ2v) is 5.70. The van der Waals surface area contributed by atoms with Crippen molar-refractivity contribution >= 4 is 23.6 Å². The van der Waals surface area contributed by atoms with Gasteiger partial charge in [0.2, 0.25) is 0 Å². The van der Waals surface area contributed by atoms with Crippen LogP contribution in [-0.4, -0.2) is 40.7 Å². The van der Waals surface area contributed by atoms with Crippen LogP contribution in [0.15, 0.2) is 24.3 Å². The third-order valence-corrected chi connectivity index (χ3v) is 4.06. The Labute approximate surface area is 135 Å². The number of hydrogen-bond acceptors (Lipinski definition) is 5. The average molecular weight is 327 g/mol. The number of hydrogen-bond donors (Lipinski definition) is 2. The largest absolute Gasteiger partial charge is 0.412 e. The van der Waals surface area contributed by atoms with Gasteiger partial charge in [-0.2, -0.15) is 11.8 Å². The van der Waals surface area contributed by atoms with E-state index in [1.165, 1.54) is 23.5 Å². The number of carbonyl (C=O) groups is 2. The average Bonchev–Trinajstić information content (AvgIpc) is 2.78. The van der Waals surface area contributed by atoms with Crippen LogP contribution in [0.1, 0.15) is 46.4 Å². The van der Waals surface area contributed by atoms with Gasteiger partial charge in [-0.05, 0) is 37.0 Å². The molecule has 0 radical (unpaired) electrons. The molecule has 124 valence electrons. The van der Waals surface area contributed by atoms with E-state index in [0.29, 0.717) is 17.7 Å². The molecule has 6 N–H and O–H groups in total. The Hall–Kier alpha value is -1.41. The van der Waals surface area contributed by atoms with Crippen molar-refractivity contribution in [2.75, 3.05) is 18.6 Å². The molecular weight excluding hydrogens is 302 g/mol. The van der Waals surface area contributed by atoms with Crippen molar-refractivity contribution in [1.29, 1.82) is 0 Å². The molecule has 1 heterocycles. The lowest BCUT2D eigenvalue weighted by Crippen LogP contribution is -2.30. The van der Waals surface area contributed by atoms with Gasteiger partial charge in [0.05, 0.1) is 11.1 Å². The Kier molecular flexibility index (Phi) is 10.5. The minimum Gasteiger partial charge on any atom is -0.412 e. The zero-order valence-corrected chi connectivity index (χ0v) is 13.7. The highest BCUT2D eigenvalue weighted by Crippen LogP contribution is 2.22. The molecule has 0 unspecified atom stereocenters.